The molecule has 1 aliphatic heterocycles. The molecule has 0 aromatic heterocycles. The van der Waals surface area contributed by atoms with E-state index in [-0.39, 0.29) is 0 Å². The third kappa shape index (κ3) is 9.40. The van der Waals surface area contributed by atoms with Gasteiger partial charge in [-0.1, -0.05) is 24.8 Å². The van der Waals surface area contributed by atoms with Gasteiger partial charge < -0.3 is 9.47 Å². The second-order valence-electron chi connectivity index (χ2n) is 1.99. The molecule has 0 aliphatic carbocycles. The van der Waals surface area contributed by atoms with Crippen LogP contribution in [0.5, 0.6) is 0 Å². The van der Waals surface area contributed by atoms with E-state index in [0.717, 1.165) is 26.4 Å². The van der Waals surface area contributed by atoms with E-state index < -0.39 is 0 Å². The van der Waals surface area contributed by atoms with E-state index in [1.165, 1.54) is 0 Å². The highest BCUT2D eigenvalue weighted by Crippen LogP contribution is 1.85. The van der Waals surface area contributed by atoms with Crippen molar-refractivity contribution in [2.75, 3.05) is 26.4 Å². The molecule has 0 amide bonds. The summed E-state index contributed by atoms with van der Waals surface area (Å²) >= 11 is 0. The second-order valence-corrected chi connectivity index (χ2v) is 1.99. The van der Waals surface area contributed by atoms with Crippen molar-refractivity contribution in [2.24, 2.45) is 0 Å². The van der Waals surface area contributed by atoms with Crippen LogP contribution >= 0.6 is 0 Å². The molecule has 1 aliphatic rings. The molecule has 2 heteroatoms. The summed E-state index contributed by atoms with van der Waals surface area (Å²) < 4.78 is 9.89. The summed E-state index contributed by atoms with van der Waals surface area (Å²) in [6.45, 7) is 8.53. The third-order valence-electron chi connectivity index (χ3n) is 1.07. The molecular weight excluding hydrogens is 140 g/mol. The first-order valence-electron chi connectivity index (χ1n) is 3.81. The molecule has 11 heavy (non-hydrogen) atoms. The van der Waals surface area contributed by atoms with E-state index in [1.54, 1.807) is 6.08 Å². The van der Waals surface area contributed by atoms with Crippen molar-refractivity contribution >= 4 is 0 Å². The Morgan fingerprint density at radius 2 is 1.55 bits per heavy atom. The first kappa shape index (κ1) is 10.4. The van der Waals surface area contributed by atoms with Crippen LogP contribution in [0.2, 0.25) is 0 Å². The summed E-state index contributed by atoms with van der Waals surface area (Å²) in [7, 11) is 0. The van der Waals surface area contributed by atoms with Crippen LogP contribution in [0.4, 0.5) is 0 Å². The Morgan fingerprint density at radius 3 is 1.64 bits per heavy atom. The Balaban J connectivity index is 0.000000187. The molecule has 64 valence electrons. The van der Waals surface area contributed by atoms with E-state index in [2.05, 4.69) is 6.58 Å². The molecule has 1 heterocycles. The summed E-state index contributed by atoms with van der Waals surface area (Å²) in [6, 6.07) is 0. The normalized spacial score (nSPS) is 17.2. The number of ether oxygens (including phenoxy) is 2. The largest absolute Gasteiger partial charge is 0.377 e. The fourth-order valence-electron chi connectivity index (χ4n) is 0.576. The lowest BCUT2D eigenvalue weighted by Gasteiger charge is -2.09. The van der Waals surface area contributed by atoms with Crippen LogP contribution < -0.4 is 0 Å². The SMILES string of the molecule is C1COCCO1.C=CC=CC. The number of rotatable bonds is 1. The van der Waals surface area contributed by atoms with Crippen molar-refractivity contribution < 1.29 is 9.47 Å². The van der Waals surface area contributed by atoms with Gasteiger partial charge >= 0.3 is 0 Å². The summed E-state index contributed by atoms with van der Waals surface area (Å²) in [6.07, 6.45) is 5.58. The Morgan fingerprint density at radius 1 is 1.09 bits per heavy atom. The van der Waals surface area contributed by atoms with E-state index in [9.17, 15) is 0 Å². The highest BCUT2D eigenvalue weighted by molar-refractivity contribution is 4.94. The minimum Gasteiger partial charge on any atom is -0.377 e. The number of hydrogen-bond donors (Lipinski definition) is 0. The maximum Gasteiger partial charge on any atom is 0.0701 e. The lowest BCUT2D eigenvalue weighted by atomic mass is 10.5. The van der Waals surface area contributed by atoms with Gasteiger partial charge in [-0.25, -0.2) is 0 Å². The van der Waals surface area contributed by atoms with Crippen molar-refractivity contribution in [3.63, 3.8) is 0 Å². The maximum absolute atomic E-state index is 4.94. The van der Waals surface area contributed by atoms with Crippen LogP contribution in [-0.4, -0.2) is 26.4 Å². The summed E-state index contributed by atoms with van der Waals surface area (Å²) in [5.41, 5.74) is 0. The van der Waals surface area contributed by atoms with Crippen LogP contribution in [0.15, 0.2) is 24.8 Å². The van der Waals surface area contributed by atoms with Crippen LogP contribution in [0.25, 0.3) is 0 Å². The van der Waals surface area contributed by atoms with Crippen LogP contribution in [-0.2, 0) is 9.47 Å². The van der Waals surface area contributed by atoms with Gasteiger partial charge in [0.25, 0.3) is 0 Å². The molecule has 0 spiro atoms. The molecule has 1 saturated heterocycles. The first-order valence-corrected chi connectivity index (χ1v) is 3.81. The van der Waals surface area contributed by atoms with Gasteiger partial charge in [0.05, 0.1) is 26.4 Å². The predicted molar refractivity (Wildman–Crippen MR) is 46.6 cm³/mol. The molecule has 0 aromatic carbocycles. The zero-order chi connectivity index (χ0) is 8.36. The summed E-state index contributed by atoms with van der Waals surface area (Å²) in [5.74, 6) is 0. The molecule has 0 radical (unpaired) electrons. The van der Waals surface area contributed by atoms with Crippen LogP contribution in [0.1, 0.15) is 6.92 Å². The highest BCUT2D eigenvalue weighted by Gasteiger charge is 1.94. The number of hydrogen-bond acceptors (Lipinski definition) is 2. The standard InChI is InChI=1S/C5H8.C4H8O2/c1-3-5-4-2;1-2-6-4-3-5-1/h3-5H,1H2,2H3;1-4H2. The Labute approximate surface area is 68.5 Å². The van der Waals surface area contributed by atoms with E-state index >= 15 is 0 Å². The van der Waals surface area contributed by atoms with Gasteiger partial charge in [0.1, 0.15) is 0 Å². The van der Waals surface area contributed by atoms with Gasteiger partial charge in [0, 0.05) is 0 Å². The van der Waals surface area contributed by atoms with Crippen molar-refractivity contribution in [1.29, 1.82) is 0 Å². The molecular formula is C9H16O2. The number of allylic oxidation sites excluding steroid dienone is 3. The molecule has 1 fully saturated rings. The summed E-state index contributed by atoms with van der Waals surface area (Å²) in [4.78, 5) is 0. The molecule has 0 bridgehead atoms. The molecule has 0 saturated carbocycles. The quantitative estimate of drug-likeness (QED) is 0.539. The lowest BCUT2D eigenvalue weighted by molar-refractivity contribution is -0.0334. The van der Waals surface area contributed by atoms with Crippen molar-refractivity contribution in [3.8, 4) is 0 Å². The molecule has 2 nitrogen and oxygen atoms in total. The monoisotopic (exact) mass is 156 g/mol. The molecule has 1 rings (SSSR count). The fraction of sp³-hybridized carbons (Fsp3) is 0.556. The third-order valence-corrected chi connectivity index (χ3v) is 1.07. The Kier molecular flexibility index (Phi) is 8.89. The van der Waals surface area contributed by atoms with Gasteiger partial charge in [-0.3, -0.25) is 0 Å². The van der Waals surface area contributed by atoms with Crippen LogP contribution in [0, 0.1) is 0 Å². The Hall–Kier alpha value is -0.600. The zero-order valence-electron chi connectivity index (χ0n) is 7.08. The average molecular weight is 156 g/mol. The van der Waals surface area contributed by atoms with Gasteiger partial charge in [-0.05, 0) is 6.92 Å². The van der Waals surface area contributed by atoms with Crippen molar-refractivity contribution in [2.45, 2.75) is 6.92 Å². The Bertz CT molecular complexity index is 92.6. The molecule has 0 aromatic rings. The van der Waals surface area contributed by atoms with E-state index in [4.69, 9.17) is 9.47 Å². The van der Waals surface area contributed by atoms with Crippen LogP contribution in [0.3, 0.4) is 0 Å². The fourth-order valence-corrected chi connectivity index (χ4v) is 0.576. The minimum absolute atomic E-state index is 0.778. The van der Waals surface area contributed by atoms with Gasteiger partial charge in [-0.15, -0.1) is 0 Å². The van der Waals surface area contributed by atoms with Crippen molar-refractivity contribution in [3.05, 3.63) is 24.8 Å². The molecule has 0 atom stereocenters. The second kappa shape index (κ2) is 9.40. The topological polar surface area (TPSA) is 18.5 Å². The maximum atomic E-state index is 4.94. The van der Waals surface area contributed by atoms with Gasteiger partial charge in [0.2, 0.25) is 0 Å². The minimum atomic E-state index is 0.778. The predicted octanol–water partition coefficient (Wildman–Crippen LogP) is 1.78. The van der Waals surface area contributed by atoms with Gasteiger partial charge in [0.15, 0.2) is 0 Å². The smallest absolute Gasteiger partial charge is 0.0701 e. The molecule has 0 N–H and O–H groups in total. The summed E-state index contributed by atoms with van der Waals surface area (Å²) in [5, 5.41) is 0. The lowest BCUT2D eigenvalue weighted by Crippen LogP contribution is -2.16. The zero-order valence-corrected chi connectivity index (χ0v) is 7.08. The molecule has 0 unspecified atom stereocenters. The highest BCUT2D eigenvalue weighted by atomic mass is 16.6. The first-order chi connectivity index (χ1) is 5.41. The van der Waals surface area contributed by atoms with Crippen molar-refractivity contribution in [1.82, 2.24) is 0 Å². The van der Waals surface area contributed by atoms with E-state index in [1.807, 2.05) is 19.1 Å². The van der Waals surface area contributed by atoms with Gasteiger partial charge in [-0.2, -0.15) is 0 Å². The van der Waals surface area contributed by atoms with E-state index in [0.29, 0.717) is 0 Å². The average Bonchev–Trinajstić information content (AvgIpc) is 2.10.